The lowest BCUT2D eigenvalue weighted by Gasteiger charge is -2.44. The standard InChI is InChI=1S/C15H22N4/c1-12-9-17-10-14(11-18(2)3)19(12)15-7-5-4-6-13(15)8-16/h4-7,12,14,17H,9-11H2,1-3H3. The molecular weight excluding hydrogens is 236 g/mol. The molecule has 1 aromatic carbocycles. The van der Waals surface area contributed by atoms with Gasteiger partial charge in [0.25, 0.3) is 0 Å². The maximum atomic E-state index is 9.30. The van der Waals surface area contributed by atoms with Crippen LogP contribution in [0.1, 0.15) is 12.5 Å². The highest BCUT2D eigenvalue weighted by atomic mass is 15.3. The van der Waals surface area contributed by atoms with Gasteiger partial charge in [-0.2, -0.15) is 5.26 Å². The van der Waals surface area contributed by atoms with Gasteiger partial charge in [0.1, 0.15) is 6.07 Å². The second-order valence-electron chi connectivity index (χ2n) is 5.46. The molecule has 0 radical (unpaired) electrons. The third-order valence-electron chi connectivity index (χ3n) is 3.57. The van der Waals surface area contributed by atoms with Crippen LogP contribution >= 0.6 is 0 Å². The minimum absolute atomic E-state index is 0.396. The molecule has 1 aliphatic rings. The molecule has 19 heavy (non-hydrogen) atoms. The van der Waals surface area contributed by atoms with Crippen LogP contribution in [-0.4, -0.2) is 50.7 Å². The maximum Gasteiger partial charge on any atom is 0.101 e. The van der Waals surface area contributed by atoms with E-state index >= 15 is 0 Å². The van der Waals surface area contributed by atoms with E-state index < -0.39 is 0 Å². The van der Waals surface area contributed by atoms with Crippen LogP contribution in [-0.2, 0) is 0 Å². The number of nitriles is 1. The van der Waals surface area contributed by atoms with Crippen molar-refractivity contribution in [1.82, 2.24) is 10.2 Å². The Labute approximate surface area is 115 Å². The Morgan fingerprint density at radius 1 is 1.37 bits per heavy atom. The van der Waals surface area contributed by atoms with Gasteiger partial charge in [-0.15, -0.1) is 0 Å². The lowest BCUT2D eigenvalue weighted by atomic mass is 10.0. The molecule has 0 bridgehead atoms. The van der Waals surface area contributed by atoms with E-state index in [4.69, 9.17) is 0 Å². The summed E-state index contributed by atoms with van der Waals surface area (Å²) in [5, 5.41) is 12.8. The fraction of sp³-hybridized carbons (Fsp3) is 0.533. The zero-order chi connectivity index (χ0) is 13.8. The van der Waals surface area contributed by atoms with Crippen LogP contribution in [0.25, 0.3) is 0 Å². The summed E-state index contributed by atoms with van der Waals surface area (Å²) in [6.45, 7) is 5.12. The average molecular weight is 258 g/mol. The third kappa shape index (κ3) is 3.06. The SMILES string of the molecule is CC1CNCC(CN(C)C)N1c1ccccc1C#N. The van der Waals surface area contributed by atoms with E-state index in [2.05, 4.69) is 48.3 Å². The molecule has 0 spiro atoms. The molecule has 1 aliphatic heterocycles. The first kappa shape index (κ1) is 13.9. The van der Waals surface area contributed by atoms with Crippen molar-refractivity contribution in [3.63, 3.8) is 0 Å². The van der Waals surface area contributed by atoms with E-state index in [1.54, 1.807) is 0 Å². The van der Waals surface area contributed by atoms with Gasteiger partial charge in [-0.1, -0.05) is 12.1 Å². The number of likely N-dealkylation sites (N-methyl/N-ethyl adjacent to an activating group) is 1. The monoisotopic (exact) mass is 258 g/mol. The second-order valence-corrected chi connectivity index (χ2v) is 5.46. The molecule has 2 rings (SSSR count). The Bertz CT molecular complexity index is 463. The topological polar surface area (TPSA) is 42.3 Å². The van der Waals surface area contributed by atoms with E-state index in [9.17, 15) is 5.26 Å². The van der Waals surface area contributed by atoms with Crippen molar-refractivity contribution >= 4 is 5.69 Å². The minimum Gasteiger partial charge on any atom is -0.361 e. The first-order valence-corrected chi connectivity index (χ1v) is 6.76. The molecule has 4 heteroatoms. The molecule has 0 saturated carbocycles. The van der Waals surface area contributed by atoms with Crippen molar-refractivity contribution in [1.29, 1.82) is 5.26 Å². The van der Waals surface area contributed by atoms with Crippen LogP contribution in [0.2, 0.25) is 0 Å². The number of rotatable bonds is 3. The number of benzene rings is 1. The van der Waals surface area contributed by atoms with Crippen LogP contribution in [0.5, 0.6) is 0 Å². The largest absolute Gasteiger partial charge is 0.361 e. The van der Waals surface area contributed by atoms with Crippen molar-refractivity contribution in [2.45, 2.75) is 19.0 Å². The van der Waals surface area contributed by atoms with Crippen molar-refractivity contribution in [2.75, 3.05) is 38.6 Å². The molecule has 2 atom stereocenters. The number of piperazine rings is 1. The molecule has 1 aromatic rings. The number of para-hydroxylation sites is 1. The van der Waals surface area contributed by atoms with E-state index in [1.807, 2.05) is 18.2 Å². The lowest BCUT2D eigenvalue weighted by Crippen LogP contribution is -2.59. The van der Waals surface area contributed by atoms with Gasteiger partial charge < -0.3 is 15.1 Å². The van der Waals surface area contributed by atoms with Gasteiger partial charge in [0.05, 0.1) is 17.3 Å². The smallest absolute Gasteiger partial charge is 0.101 e. The molecule has 0 aromatic heterocycles. The number of hydrogen-bond acceptors (Lipinski definition) is 4. The predicted octanol–water partition coefficient (Wildman–Crippen LogP) is 1.29. The fourth-order valence-electron chi connectivity index (χ4n) is 2.82. The first-order chi connectivity index (χ1) is 9.13. The quantitative estimate of drug-likeness (QED) is 0.887. The van der Waals surface area contributed by atoms with Gasteiger partial charge in [0.15, 0.2) is 0 Å². The van der Waals surface area contributed by atoms with Crippen molar-refractivity contribution in [3.8, 4) is 6.07 Å². The Morgan fingerprint density at radius 2 is 2.11 bits per heavy atom. The lowest BCUT2D eigenvalue weighted by molar-refractivity contribution is 0.316. The van der Waals surface area contributed by atoms with Gasteiger partial charge in [0, 0.05) is 25.7 Å². The highest BCUT2D eigenvalue weighted by Gasteiger charge is 2.29. The van der Waals surface area contributed by atoms with E-state index in [1.165, 1.54) is 0 Å². The molecular formula is C15H22N4. The maximum absolute atomic E-state index is 9.30. The molecule has 0 amide bonds. The Kier molecular flexibility index (Phi) is 4.41. The molecule has 4 nitrogen and oxygen atoms in total. The summed E-state index contributed by atoms with van der Waals surface area (Å²) in [4.78, 5) is 4.60. The second kappa shape index (κ2) is 6.05. The van der Waals surface area contributed by atoms with Crippen molar-refractivity contribution in [2.24, 2.45) is 0 Å². The van der Waals surface area contributed by atoms with Gasteiger partial charge >= 0.3 is 0 Å². The number of nitrogens with zero attached hydrogens (tertiary/aromatic N) is 3. The summed E-state index contributed by atoms with van der Waals surface area (Å²) in [6.07, 6.45) is 0. The van der Waals surface area contributed by atoms with E-state index in [0.29, 0.717) is 12.1 Å². The molecule has 0 aliphatic carbocycles. The fourth-order valence-corrected chi connectivity index (χ4v) is 2.82. The number of anilines is 1. The minimum atomic E-state index is 0.396. The molecule has 2 unspecified atom stereocenters. The Morgan fingerprint density at radius 3 is 2.79 bits per heavy atom. The summed E-state index contributed by atoms with van der Waals surface area (Å²) in [5.74, 6) is 0. The van der Waals surface area contributed by atoms with Crippen molar-refractivity contribution in [3.05, 3.63) is 29.8 Å². The summed E-state index contributed by atoms with van der Waals surface area (Å²) >= 11 is 0. The summed E-state index contributed by atoms with van der Waals surface area (Å²) < 4.78 is 0. The normalized spacial score (nSPS) is 23.4. The number of hydrogen-bond donors (Lipinski definition) is 1. The molecule has 1 saturated heterocycles. The van der Waals surface area contributed by atoms with Crippen LogP contribution in [0.3, 0.4) is 0 Å². The van der Waals surface area contributed by atoms with Crippen molar-refractivity contribution < 1.29 is 0 Å². The van der Waals surface area contributed by atoms with Crippen LogP contribution < -0.4 is 10.2 Å². The third-order valence-corrected chi connectivity index (χ3v) is 3.57. The summed E-state index contributed by atoms with van der Waals surface area (Å²) in [6, 6.07) is 11.0. The summed E-state index contributed by atoms with van der Waals surface area (Å²) in [5.41, 5.74) is 1.82. The van der Waals surface area contributed by atoms with Crippen LogP contribution in [0, 0.1) is 11.3 Å². The van der Waals surface area contributed by atoms with E-state index in [0.717, 1.165) is 30.9 Å². The van der Waals surface area contributed by atoms with Gasteiger partial charge in [-0.25, -0.2) is 0 Å². The zero-order valence-corrected chi connectivity index (χ0v) is 11.9. The first-order valence-electron chi connectivity index (χ1n) is 6.76. The molecule has 1 N–H and O–H groups in total. The zero-order valence-electron chi connectivity index (χ0n) is 11.9. The average Bonchev–Trinajstić information content (AvgIpc) is 2.38. The summed E-state index contributed by atoms with van der Waals surface area (Å²) in [7, 11) is 4.18. The molecule has 102 valence electrons. The highest BCUT2D eigenvalue weighted by molar-refractivity contribution is 5.60. The Hall–Kier alpha value is -1.57. The van der Waals surface area contributed by atoms with Gasteiger partial charge in [-0.3, -0.25) is 0 Å². The van der Waals surface area contributed by atoms with Gasteiger partial charge in [0.2, 0.25) is 0 Å². The van der Waals surface area contributed by atoms with Crippen LogP contribution in [0.15, 0.2) is 24.3 Å². The van der Waals surface area contributed by atoms with Gasteiger partial charge in [-0.05, 0) is 33.2 Å². The predicted molar refractivity (Wildman–Crippen MR) is 78.3 cm³/mol. The van der Waals surface area contributed by atoms with Crippen LogP contribution in [0.4, 0.5) is 5.69 Å². The van der Waals surface area contributed by atoms with E-state index in [-0.39, 0.29) is 0 Å². The number of nitrogens with one attached hydrogen (secondary N) is 1. The molecule has 1 fully saturated rings. The Balaban J connectivity index is 2.34. The highest BCUT2D eigenvalue weighted by Crippen LogP contribution is 2.25. The molecule has 1 heterocycles.